The van der Waals surface area contributed by atoms with Gasteiger partial charge in [0.05, 0.1) is 0 Å². The van der Waals surface area contributed by atoms with Crippen molar-refractivity contribution < 1.29 is 10.2 Å². The standard InChI is InChI=1S/C13H18O2/c1-11(4-2-3-9-14)10-12-5-7-13(15)8-6-12/h5-8,10,14-15H,2-4,9H2,1H3/b11-10-. The van der Waals surface area contributed by atoms with Crippen LogP contribution in [0.15, 0.2) is 29.8 Å². The molecular weight excluding hydrogens is 188 g/mol. The Morgan fingerprint density at radius 3 is 2.47 bits per heavy atom. The zero-order valence-electron chi connectivity index (χ0n) is 9.11. The predicted molar refractivity (Wildman–Crippen MR) is 62.7 cm³/mol. The molecule has 1 aromatic rings. The van der Waals surface area contributed by atoms with Crippen molar-refractivity contribution in [2.75, 3.05) is 6.61 Å². The van der Waals surface area contributed by atoms with Crippen LogP contribution in [-0.4, -0.2) is 16.8 Å². The van der Waals surface area contributed by atoms with Crippen molar-refractivity contribution in [1.29, 1.82) is 0 Å². The van der Waals surface area contributed by atoms with Crippen LogP contribution in [0.5, 0.6) is 5.75 Å². The Labute approximate surface area is 90.9 Å². The smallest absolute Gasteiger partial charge is 0.115 e. The zero-order chi connectivity index (χ0) is 11.1. The van der Waals surface area contributed by atoms with E-state index in [1.165, 1.54) is 5.57 Å². The van der Waals surface area contributed by atoms with Crippen LogP contribution in [0.1, 0.15) is 31.7 Å². The summed E-state index contributed by atoms with van der Waals surface area (Å²) in [7, 11) is 0. The number of hydrogen-bond donors (Lipinski definition) is 2. The molecule has 1 rings (SSSR count). The lowest BCUT2D eigenvalue weighted by molar-refractivity contribution is 0.284. The van der Waals surface area contributed by atoms with Gasteiger partial charge in [0.2, 0.25) is 0 Å². The summed E-state index contributed by atoms with van der Waals surface area (Å²) < 4.78 is 0. The molecule has 0 amide bonds. The first-order valence-corrected chi connectivity index (χ1v) is 5.29. The van der Waals surface area contributed by atoms with Crippen molar-refractivity contribution >= 4 is 6.08 Å². The summed E-state index contributed by atoms with van der Waals surface area (Å²) in [6, 6.07) is 7.16. The third-order valence-electron chi connectivity index (χ3n) is 2.29. The normalized spacial score (nSPS) is 11.7. The second-order valence-corrected chi connectivity index (χ2v) is 3.76. The van der Waals surface area contributed by atoms with Gasteiger partial charge in [-0.3, -0.25) is 0 Å². The molecule has 2 N–H and O–H groups in total. The van der Waals surface area contributed by atoms with E-state index in [1.807, 2.05) is 12.1 Å². The molecule has 0 aliphatic carbocycles. The number of allylic oxidation sites excluding steroid dienone is 1. The van der Waals surface area contributed by atoms with Gasteiger partial charge in [0.1, 0.15) is 5.75 Å². The summed E-state index contributed by atoms with van der Waals surface area (Å²) in [5.74, 6) is 0.296. The number of phenols is 1. The molecule has 0 saturated carbocycles. The number of benzene rings is 1. The molecule has 0 radical (unpaired) electrons. The summed E-state index contributed by atoms with van der Waals surface area (Å²) in [6.45, 7) is 2.36. The topological polar surface area (TPSA) is 40.5 Å². The highest BCUT2D eigenvalue weighted by Crippen LogP contribution is 2.15. The fourth-order valence-electron chi connectivity index (χ4n) is 1.44. The summed E-state index contributed by atoms with van der Waals surface area (Å²) in [5.41, 5.74) is 2.41. The molecule has 2 nitrogen and oxygen atoms in total. The van der Waals surface area contributed by atoms with Gasteiger partial charge in [-0.1, -0.05) is 23.8 Å². The number of rotatable bonds is 5. The summed E-state index contributed by atoms with van der Waals surface area (Å²) >= 11 is 0. The highest BCUT2D eigenvalue weighted by Gasteiger charge is 1.93. The molecule has 0 aliphatic rings. The minimum absolute atomic E-state index is 0.270. The monoisotopic (exact) mass is 206 g/mol. The average molecular weight is 206 g/mol. The van der Waals surface area contributed by atoms with E-state index in [-0.39, 0.29) is 6.61 Å². The van der Waals surface area contributed by atoms with Crippen LogP contribution < -0.4 is 0 Å². The molecule has 0 heterocycles. The fourth-order valence-corrected chi connectivity index (χ4v) is 1.44. The average Bonchev–Trinajstić information content (AvgIpc) is 2.22. The van der Waals surface area contributed by atoms with E-state index in [4.69, 9.17) is 10.2 Å². The summed E-state index contributed by atoms with van der Waals surface area (Å²) in [6.07, 6.45) is 5.01. The van der Waals surface area contributed by atoms with E-state index >= 15 is 0 Å². The Balaban J connectivity index is 2.50. The minimum atomic E-state index is 0.270. The molecule has 0 atom stereocenters. The van der Waals surface area contributed by atoms with Crippen LogP contribution in [0.3, 0.4) is 0 Å². The molecule has 0 spiro atoms. The first-order valence-electron chi connectivity index (χ1n) is 5.29. The molecule has 0 aliphatic heterocycles. The number of unbranched alkanes of at least 4 members (excludes halogenated alkanes) is 1. The Morgan fingerprint density at radius 2 is 1.87 bits per heavy atom. The largest absolute Gasteiger partial charge is 0.508 e. The number of hydrogen-bond acceptors (Lipinski definition) is 2. The SMILES string of the molecule is C/C(=C/c1ccc(O)cc1)CCCCO. The van der Waals surface area contributed by atoms with E-state index in [2.05, 4.69) is 13.0 Å². The number of aliphatic hydroxyl groups is 1. The minimum Gasteiger partial charge on any atom is -0.508 e. The highest BCUT2D eigenvalue weighted by atomic mass is 16.3. The van der Waals surface area contributed by atoms with E-state index in [9.17, 15) is 0 Å². The van der Waals surface area contributed by atoms with Crippen molar-refractivity contribution in [3.63, 3.8) is 0 Å². The van der Waals surface area contributed by atoms with Gasteiger partial charge in [0, 0.05) is 6.61 Å². The van der Waals surface area contributed by atoms with Crippen molar-refractivity contribution in [1.82, 2.24) is 0 Å². The van der Waals surface area contributed by atoms with Crippen LogP contribution in [-0.2, 0) is 0 Å². The lowest BCUT2D eigenvalue weighted by Crippen LogP contribution is -1.84. The maximum Gasteiger partial charge on any atom is 0.115 e. The molecule has 2 heteroatoms. The number of phenolic OH excluding ortho intramolecular Hbond substituents is 1. The van der Waals surface area contributed by atoms with E-state index in [1.54, 1.807) is 12.1 Å². The maximum absolute atomic E-state index is 9.12. The molecule has 0 unspecified atom stereocenters. The van der Waals surface area contributed by atoms with Crippen LogP contribution in [0.4, 0.5) is 0 Å². The van der Waals surface area contributed by atoms with Crippen molar-refractivity contribution in [2.24, 2.45) is 0 Å². The van der Waals surface area contributed by atoms with Crippen LogP contribution in [0.25, 0.3) is 6.08 Å². The second kappa shape index (κ2) is 6.25. The molecule has 0 bridgehead atoms. The molecule has 0 aromatic heterocycles. The summed E-state index contributed by atoms with van der Waals surface area (Å²) in [5, 5.41) is 17.8. The van der Waals surface area contributed by atoms with Gasteiger partial charge in [-0.2, -0.15) is 0 Å². The van der Waals surface area contributed by atoms with Gasteiger partial charge in [-0.15, -0.1) is 0 Å². The Morgan fingerprint density at radius 1 is 1.20 bits per heavy atom. The van der Waals surface area contributed by atoms with Crippen LogP contribution >= 0.6 is 0 Å². The predicted octanol–water partition coefficient (Wildman–Crippen LogP) is 2.96. The van der Waals surface area contributed by atoms with Gasteiger partial charge in [-0.05, 0) is 43.9 Å². The van der Waals surface area contributed by atoms with Crippen molar-refractivity contribution in [3.05, 3.63) is 35.4 Å². The Bertz CT molecular complexity index is 312. The van der Waals surface area contributed by atoms with Crippen molar-refractivity contribution in [2.45, 2.75) is 26.2 Å². The third-order valence-corrected chi connectivity index (χ3v) is 2.29. The second-order valence-electron chi connectivity index (χ2n) is 3.76. The van der Waals surface area contributed by atoms with Crippen molar-refractivity contribution in [3.8, 4) is 5.75 Å². The van der Waals surface area contributed by atoms with Gasteiger partial charge in [-0.25, -0.2) is 0 Å². The number of aliphatic hydroxyl groups excluding tert-OH is 1. The first kappa shape index (κ1) is 11.8. The molecule has 0 saturated heterocycles. The Kier molecular flexibility index (Phi) is 4.91. The molecule has 0 fully saturated rings. The van der Waals surface area contributed by atoms with E-state index in [0.29, 0.717) is 5.75 Å². The summed E-state index contributed by atoms with van der Waals surface area (Å²) in [4.78, 5) is 0. The van der Waals surface area contributed by atoms with E-state index < -0.39 is 0 Å². The van der Waals surface area contributed by atoms with Crippen LogP contribution in [0.2, 0.25) is 0 Å². The maximum atomic E-state index is 9.12. The highest BCUT2D eigenvalue weighted by molar-refractivity contribution is 5.53. The fraction of sp³-hybridized carbons (Fsp3) is 0.385. The zero-order valence-corrected chi connectivity index (χ0v) is 9.11. The first-order chi connectivity index (χ1) is 7.22. The van der Waals surface area contributed by atoms with Gasteiger partial charge in [0.25, 0.3) is 0 Å². The van der Waals surface area contributed by atoms with Gasteiger partial charge >= 0.3 is 0 Å². The lowest BCUT2D eigenvalue weighted by Gasteiger charge is -2.01. The van der Waals surface area contributed by atoms with Gasteiger partial charge < -0.3 is 10.2 Å². The molecule has 1 aromatic carbocycles. The Hall–Kier alpha value is -1.28. The third kappa shape index (κ3) is 4.66. The molecule has 82 valence electrons. The van der Waals surface area contributed by atoms with E-state index in [0.717, 1.165) is 24.8 Å². The quantitative estimate of drug-likeness (QED) is 0.727. The van der Waals surface area contributed by atoms with Crippen LogP contribution in [0, 0.1) is 0 Å². The lowest BCUT2D eigenvalue weighted by atomic mass is 10.1. The molecular formula is C13H18O2. The van der Waals surface area contributed by atoms with Gasteiger partial charge in [0.15, 0.2) is 0 Å². The number of aromatic hydroxyl groups is 1. The molecule has 15 heavy (non-hydrogen) atoms.